The summed E-state index contributed by atoms with van der Waals surface area (Å²) in [6, 6.07) is 6.39. The van der Waals surface area contributed by atoms with E-state index in [2.05, 4.69) is 43.0 Å². The Kier molecular flexibility index (Phi) is 8.06. The van der Waals surface area contributed by atoms with Crippen LogP contribution in [-0.4, -0.2) is 59.0 Å². The zero-order chi connectivity index (χ0) is 17.9. The average Bonchev–Trinajstić information content (AvgIpc) is 3.07. The molecule has 4 rings (SSSR count). The Labute approximate surface area is 176 Å². The molecule has 3 aromatic rings. The number of nitrogens with one attached hydrogen (secondary N) is 1. The number of anilines is 2. The van der Waals surface area contributed by atoms with E-state index in [1.807, 2.05) is 6.92 Å². The van der Waals surface area contributed by atoms with Crippen LogP contribution in [0.25, 0.3) is 16.7 Å². The minimum Gasteiger partial charge on any atom is -0.378 e. The van der Waals surface area contributed by atoms with Crippen molar-refractivity contribution in [2.24, 2.45) is 5.73 Å². The molecule has 1 aliphatic rings. The van der Waals surface area contributed by atoms with Crippen LogP contribution in [0, 0.1) is 6.92 Å². The summed E-state index contributed by atoms with van der Waals surface area (Å²) in [6.45, 7) is 6.84. The normalized spacial score (nSPS) is 14.0. The number of morpholine rings is 1. The van der Waals surface area contributed by atoms with Gasteiger partial charge in [0.25, 0.3) is 0 Å². The highest BCUT2D eigenvalue weighted by atomic mass is 35.5. The highest BCUT2D eigenvalue weighted by Gasteiger charge is 2.16. The molecule has 2 aromatic heterocycles. The molecule has 10 heteroatoms. The second kappa shape index (κ2) is 10.1. The maximum Gasteiger partial charge on any atom is 0.204 e. The van der Waals surface area contributed by atoms with E-state index in [9.17, 15) is 0 Å². The Bertz CT molecular complexity index is 912. The minimum absolute atomic E-state index is 0. The predicted molar refractivity (Wildman–Crippen MR) is 117 cm³/mol. The van der Waals surface area contributed by atoms with E-state index in [0.717, 1.165) is 74.0 Å². The minimum atomic E-state index is 0. The van der Waals surface area contributed by atoms with Gasteiger partial charge in [0.1, 0.15) is 5.82 Å². The number of rotatable bonds is 6. The van der Waals surface area contributed by atoms with Crippen LogP contribution < -0.4 is 16.0 Å². The first kappa shape index (κ1) is 22.4. The van der Waals surface area contributed by atoms with Crippen molar-refractivity contribution >= 4 is 53.0 Å². The number of nitrogens with zero attached hydrogens (tertiary/aromatic N) is 5. The maximum absolute atomic E-state index is 5.58. The van der Waals surface area contributed by atoms with Gasteiger partial charge in [0.05, 0.1) is 24.2 Å². The lowest BCUT2D eigenvalue weighted by Crippen LogP contribution is -2.36. The zero-order valence-corrected chi connectivity index (χ0v) is 17.6. The summed E-state index contributed by atoms with van der Waals surface area (Å²) in [4.78, 5) is 7.18. The molecule has 1 fully saturated rings. The van der Waals surface area contributed by atoms with Gasteiger partial charge in [0, 0.05) is 25.3 Å². The number of aromatic nitrogens is 4. The lowest BCUT2D eigenvalue weighted by Gasteiger charge is -2.29. The molecule has 28 heavy (non-hydrogen) atoms. The summed E-state index contributed by atoms with van der Waals surface area (Å²) in [5.41, 5.74) is 9.48. The molecule has 0 bridgehead atoms. The number of fused-ring (bicyclic) bond motifs is 3. The fourth-order valence-corrected chi connectivity index (χ4v) is 3.38. The van der Waals surface area contributed by atoms with E-state index in [0.29, 0.717) is 6.54 Å². The summed E-state index contributed by atoms with van der Waals surface area (Å²) in [5.74, 6) is 1.63. The molecule has 8 nitrogen and oxygen atoms in total. The molecule has 0 atom stereocenters. The number of hydrogen-bond acceptors (Lipinski definition) is 7. The number of benzene rings is 1. The maximum atomic E-state index is 5.58. The van der Waals surface area contributed by atoms with Crippen molar-refractivity contribution in [2.45, 2.75) is 19.8 Å². The fourth-order valence-electron chi connectivity index (χ4n) is 3.38. The van der Waals surface area contributed by atoms with Crippen molar-refractivity contribution in [3.8, 4) is 0 Å². The third kappa shape index (κ3) is 4.41. The molecule has 0 aliphatic carbocycles. The van der Waals surface area contributed by atoms with Crippen LogP contribution in [0.3, 0.4) is 0 Å². The van der Waals surface area contributed by atoms with Crippen LogP contribution in [0.1, 0.15) is 18.7 Å². The van der Waals surface area contributed by atoms with E-state index in [-0.39, 0.29) is 24.8 Å². The van der Waals surface area contributed by atoms with Crippen molar-refractivity contribution in [3.63, 3.8) is 0 Å². The molecule has 1 saturated heterocycles. The Morgan fingerprint density at radius 2 is 1.93 bits per heavy atom. The van der Waals surface area contributed by atoms with Crippen LogP contribution in [0.2, 0.25) is 0 Å². The Hall–Kier alpha value is -1.87. The molecule has 1 aromatic carbocycles. The number of halogens is 2. The van der Waals surface area contributed by atoms with Crippen molar-refractivity contribution in [2.75, 3.05) is 49.6 Å². The van der Waals surface area contributed by atoms with Gasteiger partial charge in [-0.05, 0) is 44.5 Å². The van der Waals surface area contributed by atoms with Gasteiger partial charge in [0.15, 0.2) is 5.82 Å². The highest BCUT2D eigenvalue weighted by Crippen LogP contribution is 2.26. The summed E-state index contributed by atoms with van der Waals surface area (Å²) in [6.07, 6.45) is 1.99. The number of unbranched alkanes of at least 4 members (excludes halogenated alkanes) is 1. The van der Waals surface area contributed by atoms with Crippen LogP contribution in [0.15, 0.2) is 18.2 Å². The SMILES string of the molecule is Cc1nnc2c(NCCCCN)nc3cc(N4CCOCC4)ccc3n12.Cl.Cl. The van der Waals surface area contributed by atoms with Crippen LogP contribution in [0.4, 0.5) is 11.5 Å². The Morgan fingerprint density at radius 3 is 2.68 bits per heavy atom. The standard InChI is InChI=1S/C18H25N7O.2ClH/c1-13-22-23-18-17(20-7-3-2-6-19)21-15-12-14(4-5-16(15)25(13)18)24-8-10-26-11-9-24;;/h4-5,12H,2-3,6-11,19H2,1H3,(H,20,21);2*1H. The fraction of sp³-hybridized carbons (Fsp3) is 0.500. The van der Waals surface area contributed by atoms with E-state index in [4.69, 9.17) is 15.5 Å². The van der Waals surface area contributed by atoms with Crippen molar-refractivity contribution in [3.05, 3.63) is 24.0 Å². The smallest absolute Gasteiger partial charge is 0.204 e. The average molecular weight is 428 g/mol. The third-order valence-electron chi connectivity index (χ3n) is 4.77. The van der Waals surface area contributed by atoms with Crippen molar-refractivity contribution in [1.82, 2.24) is 19.6 Å². The number of aryl methyl sites for hydroxylation is 1. The Balaban J connectivity index is 0.00000140. The largest absolute Gasteiger partial charge is 0.378 e. The summed E-state index contributed by atoms with van der Waals surface area (Å²) in [7, 11) is 0. The van der Waals surface area contributed by atoms with Gasteiger partial charge >= 0.3 is 0 Å². The van der Waals surface area contributed by atoms with Gasteiger partial charge in [0.2, 0.25) is 5.65 Å². The van der Waals surface area contributed by atoms with Gasteiger partial charge < -0.3 is 20.7 Å². The first-order chi connectivity index (χ1) is 12.8. The first-order valence-corrected chi connectivity index (χ1v) is 9.20. The molecule has 1 aliphatic heterocycles. The molecule has 154 valence electrons. The molecule has 0 amide bonds. The summed E-state index contributed by atoms with van der Waals surface area (Å²) < 4.78 is 7.52. The zero-order valence-electron chi connectivity index (χ0n) is 15.9. The molecule has 0 radical (unpaired) electrons. The number of hydrogen-bond donors (Lipinski definition) is 2. The van der Waals surface area contributed by atoms with Crippen LogP contribution in [-0.2, 0) is 4.74 Å². The van der Waals surface area contributed by atoms with Gasteiger partial charge in [-0.3, -0.25) is 4.40 Å². The molecule has 0 saturated carbocycles. The van der Waals surface area contributed by atoms with E-state index in [1.54, 1.807) is 0 Å². The van der Waals surface area contributed by atoms with Gasteiger partial charge in [-0.15, -0.1) is 35.0 Å². The van der Waals surface area contributed by atoms with E-state index in [1.165, 1.54) is 5.69 Å². The van der Waals surface area contributed by atoms with E-state index >= 15 is 0 Å². The second-order valence-electron chi connectivity index (χ2n) is 6.56. The quantitative estimate of drug-likeness (QED) is 0.583. The molecular formula is C18H27Cl2N7O. The molecule has 0 spiro atoms. The number of nitrogens with two attached hydrogens (primary N) is 1. The van der Waals surface area contributed by atoms with Crippen LogP contribution in [0.5, 0.6) is 0 Å². The summed E-state index contributed by atoms with van der Waals surface area (Å²) in [5, 5.41) is 12.0. The third-order valence-corrected chi connectivity index (χ3v) is 4.77. The van der Waals surface area contributed by atoms with Crippen molar-refractivity contribution in [1.29, 1.82) is 0 Å². The lowest BCUT2D eigenvalue weighted by molar-refractivity contribution is 0.122. The summed E-state index contributed by atoms with van der Waals surface area (Å²) >= 11 is 0. The molecule has 3 heterocycles. The van der Waals surface area contributed by atoms with Gasteiger partial charge in [-0.25, -0.2) is 4.98 Å². The monoisotopic (exact) mass is 427 g/mol. The topological polar surface area (TPSA) is 93.6 Å². The lowest BCUT2D eigenvalue weighted by atomic mass is 10.2. The number of ether oxygens (including phenoxy) is 1. The first-order valence-electron chi connectivity index (χ1n) is 9.20. The van der Waals surface area contributed by atoms with Crippen LogP contribution >= 0.6 is 24.8 Å². The van der Waals surface area contributed by atoms with Gasteiger partial charge in [-0.2, -0.15) is 0 Å². The second-order valence-corrected chi connectivity index (χ2v) is 6.56. The van der Waals surface area contributed by atoms with Crippen molar-refractivity contribution < 1.29 is 4.74 Å². The molecular weight excluding hydrogens is 401 g/mol. The Morgan fingerprint density at radius 1 is 1.14 bits per heavy atom. The molecule has 0 unspecified atom stereocenters. The highest BCUT2D eigenvalue weighted by molar-refractivity contribution is 5.86. The van der Waals surface area contributed by atoms with Gasteiger partial charge in [-0.1, -0.05) is 0 Å². The van der Waals surface area contributed by atoms with E-state index < -0.39 is 0 Å². The molecule has 3 N–H and O–H groups in total. The predicted octanol–water partition coefficient (Wildman–Crippen LogP) is 2.42.